The van der Waals surface area contributed by atoms with Crippen LogP contribution >= 0.6 is 11.8 Å². The first kappa shape index (κ1) is 11.7. The molecule has 0 aromatic rings. The summed E-state index contributed by atoms with van der Waals surface area (Å²) in [6, 6.07) is 0. The molecule has 1 aliphatic carbocycles. The van der Waals surface area contributed by atoms with Crippen LogP contribution in [0, 0.1) is 0 Å². The fourth-order valence-corrected chi connectivity index (χ4v) is 3.65. The van der Waals surface area contributed by atoms with Crippen molar-refractivity contribution in [3.05, 3.63) is 0 Å². The van der Waals surface area contributed by atoms with Crippen LogP contribution in [-0.2, 0) is 4.74 Å². The molecule has 15 heavy (non-hydrogen) atoms. The van der Waals surface area contributed by atoms with Gasteiger partial charge in [-0.25, -0.2) is 0 Å². The molecular formula is C12H23NOS. The summed E-state index contributed by atoms with van der Waals surface area (Å²) < 4.78 is 6.24. The zero-order valence-electron chi connectivity index (χ0n) is 9.71. The highest BCUT2D eigenvalue weighted by atomic mass is 32.2. The molecule has 2 rings (SSSR count). The third-order valence-corrected chi connectivity index (χ3v) is 5.08. The van der Waals surface area contributed by atoms with Gasteiger partial charge in [0.25, 0.3) is 0 Å². The van der Waals surface area contributed by atoms with E-state index in [4.69, 9.17) is 10.5 Å². The Morgan fingerprint density at radius 3 is 2.80 bits per heavy atom. The van der Waals surface area contributed by atoms with Crippen LogP contribution in [0.5, 0.6) is 0 Å². The molecule has 3 heteroatoms. The monoisotopic (exact) mass is 229 g/mol. The first-order valence-corrected chi connectivity index (χ1v) is 7.28. The Kier molecular flexibility index (Phi) is 3.97. The van der Waals surface area contributed by atoms with Gasteiger partial charge in [-0.05, 0) is 25.7 Å². The van der Waals surface area contributed by atoms with E-state index in [-0.39, 0.29) is 0 Å². The minimum absolute atomic E-state index is 0.303. The molecule has 2 unspecified atom stereocenters. The van der Waals surface area contributed by atoms with Crippen LogP contribution in [0.4, 0.5) is 0 Å². The predicted molar refractivity (Wildman–Crippen MR) is 66.3 cm³/mol. The maximum absolute atomic E-state index is 6.24. The smallest absolute Gasteiger partial charge is 0.0687 e. The van der Waals surface area contributed by atoms with Crippen molar-refractivity contribution < 1.29 is 4.74 Å². The summed E-state index contributed by atoms with van der Waals surface area (Å²) in [5.74, 6) is 1.14. The molecule has 1 saturated heterocycles. The molecule has 0 radical (unpaired) electrons. The Hall–Kier alpha value is 0.270. The summed E-state index contributed by atoms with van der Waals surface area (Å²) in [5, 5.41) is 0.578. The molecule has 1 saturated carbocycles. The first-order valence-electron chi connectivity index (χ1n) is 6.24. The maximum atomic E-state index is 6.24. The summed E-state index contributed by atoms with van der Waals surface area (Å²) in [5.41, 5.74) is 5.91. The van der Waals surface area contributed by atoms with E-state index in [1.165, 1.54) is 38.5 Å². The van der Waals surface area contributed by atoms with Crippen molar-refractivity contribution in [2.24, 2.45) is 5.73 Å². The molecule has 2 aliphatic rings. The van der Waals surface area contributed by atoms with E-state index < -0.39 is 0 Å². The van der Waals surface area contributed by atoms with Crippen LogP contribution in [0.2, 0.25) is 0 Å². The van der Waals surface area contributed by atoms with Gasteiger partial charge in [0, 0.05) is 17.5 Å². The Labute approximate surface area is 97.3 Å². The standard InChI is InChI=1S/C12H23NOS/c1-10(8-13)15-9-11-4-7-12(14-11)5-2-3-6-12/h10-11H,2-9,13H2,1H3. The lowest BCUT2D eigenvalue weighted by molar-refractivity contribution is -0.0267. The molecule has 88 valence electrons. The topological polar surface area (TPSA) is 35.2 Å². The summed E-state index contributed by atoms with van der Waals surface area (Å²) >= 11 is 1.97. The molecule has 0 aromatic carbocycles. The van der Waals surface area contributed by atoms with Gasteiger partial charge in [-0.2, -0.15) is 11.8 Å². The van der Waals surface area contributed by atoms with Gasteiger partial charge in [0.05, 0.1) is 11.7 Å². The number of nitrogens with two attached hydrogens (primary N) is 1. The molecule has 0 bridgehead atoms. The van der Waals surface area contributed by atoms with Crippen molar-refractivity contribution in [1.29, 1.82) is 0 Å². The van der Waals surface area contributed by atoms with E-state index in [2.05, 4.69) is 6.92 Å². The highest BCUT2D eigenvalue weighted by Crippen LogP contribution is 2.43. The Morgan fingerprint density at radius 1 is 1.40 bits per heavy atom. The normalized spacial score (nSPS) is 31.2. The fourth-order valence-electron chi connectivity index (χ4n) is 2.74. The van der Waals surface area contributed by atoms with Gasteiger partial charge < -0.3 is 10.5 Å². The van der Waals surface area contributed by atoms with Crippen LogP contribution in [-0.4, -0.2) is 29.3 Å². The second kappa shape index (κ2) is 5.07. The van der Waals surface area contributed by atoms with Crippen LogP contribution in [0.25, 0.3) is 0 Å². The maximum Gasteiger partial charge on any atom is 0.0687 e. The molecule has 0 amide bonds. The minimum Gasteiger partial charge on any atom is -0.371 e. The van der Waals surface area contributed by atoms with E-state index in [1.54, 1.807) is 0 Å². The van der Waals surface area contributed by atoms with Crippen molar-refractivity contribution in [1.82, 2.24) is 0 Å². The Balaban J connectivity index is 1.73. The lowest BCUT2D eigenvalue weighted by Crippen LogP contribution is -2.26. The van der Waals surface area contributed by atoms with Gasteiger partial charge in [-0.1, -0.05) is 19.8 Å². The molecule has 2 nitrogen and oxygen atoms in total. The Morgan fingerprint density at radius 2 is 2.13 bits per heavy atom. The number of ether oxygens (including phenoxy) is 1. The number of hydrogen-bond donors (Lipinski definition) is 1. The largest absolute Gasteiger partial charge is 0.371 e. The second-order valence-corrected chi connectivity index (χ2v) is 6.52. The van der Waals surface area contributed by atoms with Crippen molar-refractivity contribution >= 4 is 11.8 Å². The molecule has 1 heterocycles. The molecule has 2 N–H and O–H groups in total. The van der Waals surface area contributed by atoms with Crippen molar-refractivity contribution in [2.75, 3.05) is 12.3 Å². The van der Waals surface area contributed by atoms with E-state index in [0.717, 1.165) is 12.3 Å². The lowest BCUT2D eigenvalue weighted by Gasteiger charge is -2.24. The van der Waals surface area contributed by atoms with Crippen LogP contribution in [0.15, 0.2) is 0 Å². The SMILES string of the molecule is CC(CN)SCC1CCC2(CCCC2)O1. The van der Waals surface area contributed by atoms with E-state index in [9.17, 15) is 0 Å². The zero-order valence-corrected chi connectivity index (χ0v) is 10.5. The quantitative estimate of drug-likeness (QED) is 0.804. The number of thioether (sulfide) groups is 1. The Bertz CT molecular complexity index is 204. The van der Waals surface area contributed by atoms with Gasteiger partial charge in [0.1, 0.15) is 0 Å². The highest BCUT2D eigenvalue weighted by molar-refractivity contribution is 7.99. The number of rotatable bonds is 4. The van der Waals surface area contributed by atoms with E-state index in [1.807, 2.05) is 11.8 Å². The van der Waals surface area contributed by atoms with Crippen LogP contribution < -0.4 is 5.73 Å². The average molecular weight is 229 g/mol. The molecule has 1 aliphatic heterocycles. The fraction of sp³-hybridized carbons (Fsp3) is 1.00. The third-order valence-electron chi connectivity index (χ3n) is 3.75. The minimum atomic E-state index is 0.303. The van der Waals surface area contributed by atoms with Crippen LogP contribution in [0.3, 0.4) is 0 Å². The van der Waals surface area contributed by atoms with Gasteiger partial charge in [0.2, 0.25) is 0 Å². The zero-order chi connectivity index (χ0) is 10.7. The molecule has 2 fully saturated rings. The van der Waals surface area contributed by atoms with Crippen molar-refractivity contribution in [3.8, 4) is 0 Å². The summed E-state index contributed by atoms with van der Waals surface area (Å²) in [4.78, 5) is 0. The predicted octanol–water partition coefficient (Wildman–Crippen LogP) is 2.56. The second-order valence-electron chi connectivity index (χ2n) is 5.05. The molecular weight excluding hydrogens is 206 g/mol. The molecule has 0 aromatic heterocycles. The van der Waals surface area contributed by atoms with Gasteiger partial charge in [0.15, 0.2) is 0 Å². The molecule has 1 spiro atoms. The third kappa shape index (κ3) is 2.89. The summed E-state index contributed by atoms with van der Waals surface area (Å²) in [7, 11) is 0. The van der Waals surface area contributed by atoms with Crippen molar-refractivity contribution in [2.45, 2.75) is 62.4 Å². The van der Waals surface area contributed by atoms with E-state index in [0.29, 0.717) is 17.0 Å². The summed E-state index contributed by atoms with van der Waals surface area (Å²) in [6.07, 6.45) is 8.43. The summed E-state index contributed by atoms with van der Waals surface area (Å²) in [6.45, 7) is 2.98. The van der Waals surface area contributed by atoms with Gasteiger partial charge in [-0.15, -0.1) is 0 Å². The van der Waals surface area contributed by atoms with Crippen LogP contribution in [0.1, 0.15) is 45.4 Å². The molecule has 2 atom stereocenters. The average Bonchev–Trinajstić information content (AvgIpc) is 2.86. The lowest BCUT2D eigenvalue weighted by atomic mass is 9.98. The highest BCUT2D eigenvalue weighted by Gasteiger charge is 2.41. The van der Waals surface area contributed by atoms with Gasteiger partial charge in [-0.3, -0.25) is 0 Å². The number of hydrogen-bond acceptors (Lipinski definition) is 3. The van der Waals surface area contributed by atoms with Crippen molar-refractivity contribution in [3.63, 3.8) is 0 Å². The van der Waals surface area contributed by atoms with Gasteiger partial charge >= 0.3 is 0 Å². The van der Waals surface area contributed by atoms with E-state index >= 15 is 0 Å². The first-order chi connectivity index (χ1) is 7.24.